The Morgan fingerprint density at radius 2 is 1.86 bits per heavy atom. The molecule has 1 heterocycles. The molecule has 0 aromatic heterocycles. The molecule has 0 bridgehead atoms. The van der Waals surface area contributed by atoms with E-state index >= 15 is 0 Å². The molecule has 0 saturated carbocycles. The van der Waals surface area contributed by atoms with Crippen LogP contribution >= 0.6 is 0 Å². The SMILES string of the molecule is Cc1cc(S(=O)(=O)N(C)C)cc(NC(=O)C[C@@H]2OC(=O)c3ccccc32)c1C. The second-order valence-electron chi connectivity index (χ2n) is 6.93. The first kappa shape index (κ1) is 20.0. The number of hydrogen-bond donors (Lipinski definition) is 1. The van der Waals surface area contributed by atoms with E-state index in [-0.39, 0.29) is 17.2 Å². The molecule has 1 atom stereocenters. The van der Waals surface area contributed by atoms with Gasteiger partial charge in [0.1, 0.15) is 6.10 Å². The molecule has 1 aliphatic rings. The van der Waals surface area contributed by atoms with Crippen LogP contribution < -0.4 is 5.32 Å². The lowest BCUT2D eigenvalue weighted by molar-refractivity contribution is -0.118. The van der Waals surface area contributed by atoms with Crippen LogP contribution in [0.3, 0.4) is 0 Å². The van der Waals surface area contributed by atoms with E-state index in [1.54, 1.807) is 37.3 Å². The van der Waals surface area contributed by atoms with Gasteiger partial charge in [-0.25, -0.2) is 17.5 Å². The van der Waals surface area contributed by atoms with Crippen LogP contribution in [0.15, 0.2) is 41.3 Å². The van der Waals surface area contributed by atoms with Crippen molar-refractivity contribution in [2.75, 3.05) is 19.4 Å². The van der Waals surface area contributed by atoms with Crippen molar-refractivity contribution in [1.82, 2.24) is 4.31 Å². The average molecular weight is 402 g/mol. The molecule has 7 nitrogen and oxygen atoms in total. The number of aryl methyl sites for hydroxylation is 1. The number of sulfonamides is 1. The number of benzene rings is 2. The fourth-order valence-electron chi connectivity index (χ4n) is 3.06. The van der Waals surface area contributed by atoms with Crippen LogP contribution in [0.2, 0.25) is 0 Å². The van der Waals surface area contributed by atoms with Crippen molar-refractivity contribution in [2.24, 2.45) is 0 Å². The lowest BCUT2D eigenvalue weighted by atomic mass is 10.0. The van der Waals surface area contributed by atoms with Crippen LogP contribution in [-0.4, -0.2) is 38.7 Å². The van der Waals surface area contributed by atoms with Gasteiger partial charge in [0.2, 0.25) is 15.9 Å². The third-order valence-electron chi connectivity index (χ3n) is 4.84. The second-order valence-corrected chi connectivity index (χ2v) is 9.09. The Morgan fingerprint density at radius 3 is 2.54 bits per heavy atom. The summed E-state index contributed by atoms with van der Waals surface area (Å²) in [6.45, 7) is 3.59. The third-order valence-corrected chi connectivity index (χ3v) is 6.63. The van der Waals surface area contributed by atoms with E-state index in [9.17, 15) is 18.0 Å². The van der Waals surface area contributed by atoms with Crippen molar-refractivity contribution in [3.63, 3.8) is 0 Å². The maximum atomic E-state index is 12.6. The summed E-state index contributed by atoms with van der Waals surface area (Å²) in [7, 11) is -0.725. The number of cyclic esters (lactones) is 1. The van der Waals surface area contributed by atoms with Crippen LogP contribution in [0.4, 0.5) is 5.69 Å². The minimum absolute atomic E-state index is 0.0497. The summed E-state index contributed by atoms with van der Waals surface area (Å²) in [5.74, 6) is -0.809. The lowest BCUT2D eigenvalue weighted by Gasteiger charge is -2.17. The van der Waals surface area contributed by atoms with Gasteiger partial charge in [-0.1, -0.05) is 18.2 Å². The van der Waals surface area contributed by atoms with Gasteiger partial charge in [-0.05, 0) is 43.2 Å². The number of amides is 1. The van der Waals surface area contributed by atoms with Crippen LogP contribution in [-0.2, 0) is 19.6 Å². The minimum Gasteiger partial charge on any atom is -0.453 e. The minimum atomic E-state index is -3.63. The maximum absolute atomic E-state index is 12.6. The molecule has 28 heavy (non-hydrogen) atoms. The highest BCUT2D eigenvalue weighted by Crippen LogP contribution is 2.33. The zero-order valence-electron chi connectivity index (χ0n) is 16.1. The largest absolute Gasteiger partial charge is 0.453 e. The van der Waals surface area contributed by atoms with Crippen molar-refractivity contribution in [1.29, 1.82) is 0 Å². The smallest absolute Gasteiger partial charge is 0.339 e. The van der Waals surface area contributed by atoms with Crippen LogP contribution in [0.5, 0.6) is 0 Å². The number of nitrogens with one attached hydrogen (secondary N) is 1. The molecule has 1 N–H and O–H groups in total. The van der Waals surface area contributed by atoms with Crippen LogP contribution in [0, 0.1) is 13.8 Å². The Labute approximate surface area is 164 Å². The van der Waals surface area contributed by atoms with E-state index in [1.807, 2.05) is 6.92 Å². The number of fused-ring (bicyclic) bond motifs is 1. The Bertz CT molecular complexity index is 1060. The Balaban J connectivity index is 1.83. The summed E-state index contributed by atoms with van der Waals surface area (Å²) >= 11 is 0. The molecule has 1 aliphatic heterocycles. The molecule has 2 aromatic carbocycles. The number of rotatable bonds is 5. The van der Waals surface area contributed by atoms with Crippen LogP contribution in [0.25, 0.3) is 0 Å². The molecular weight excluding hydrogens is 380 g/mol. The quantitative estimate of drug-likeness (QED) is 0.777. The number of nitrogens with zero attached hydrogens (tertiary/aromatic N) is 1. The highest BCUT2D eigenvalue weighted by Gasteiger charge is 2.32. The zero-order chi connectivity index (χ0) is 20.6. The van der Waals surface area contributed by atoms with Gasteiger partial charge in [0, 0.05) is 25.3 Å². The normalized spacial score (nSPS) is 16.0. The molecule has 148 valence electrons. The van der Waals surface area contributed by atoms with E-state index in [2.05, 4.69) is 5.32 Å². The summed E-state index contributed by atoms with van der Waals surface area (Å²) in [5, 5.41) is 2.76. The van der Waals surface area contributed by atoms with E-state index in [1.165, 1.54) is 20.2 Å². The number of carbonyl (C=O) groups excluding carboxylic acids is 2. The van der Waals surface area contributed by atoms with Gasteiger partial charge in [0.05, 0.1) is 16.9 Å². The number of carbonyl (C=O) groups is 2. The molecule has 3 rings (SSSR count). The predicted molar refractivity (Wildman–Crippen MR) is 105 cm³/mol. The fourth-order valence-corrected chi connectivity index (χ4v) is 4.07. The van der Waals surface area contributed by atoms with E-state index in [0.717, 1.165) is 15.4 Å². The van der Waals surface area contributed by atoms with Crippen molar-refractivity contribution in [3.8, 4) is 0 Å². The monoisotopic (exact) mass is 402 g/mol. The van der Waals surface area contributed by atoms with Crippen LogP contribution in [0.1, 0.15) is 39.6 Å². The summed E-state index contributed by atoms with van der Waals surface area (Å²) in [4.78, 5) is 24.6. The van der Waals surface area contributed by atoms with Gasteiger partial charge in [-0.15, -0.1) is 0 Å². The Kier molecular flexibility index (Phi) is 5.27. The maximum Gasteiger partial charge on any atom is 0.339 e. The molecule has 2 aromatic rings. The summed E-state index contributed by atoms with van der Waals surface area (Å²) in [6, 6.07) is 9.98. The molecule has 8 heteroatoms. The molecule has 0 aliphatic carbocycles. The molecule has 0 fully saturated rings. The number of hydrogen-bond acceptors (Lipinski definition) is 5. The molecule has 1 amide bonds. The van der Waals surface area contributed by atoms with E-state index < -0.39 is 22.1 Å². The van der Waals surface area contributed by atoms with Gasteiger partial charge in [-0.3, -0.25) is 4.79 Å². The highest BCUT2D eigenvalue weighted by molar-refractivity contribution is 7.89. The Morgan fingerprint density at radius 1 is 1.18 bits per heavy atom. The third kappa shape index (κ3) is 3.65. The topological polar surface area (TPSA) is 92.8 Å². The average Bonchev–Trinajstić information content (AvgIpc) is 2.94. The predicted octanol–water partition coefficient (Wildman–Crippen LogP) is 2.79. The lowest BCUT2D eigenvalue weighted by Crippen LogP contribution is -2.23. The zero-order valence-corrected chi connectivity index (χ0v) is 17.0. The molecular formula is C20H22N2O5S. The second kappa shape index (κ2) is 7.37. The number of anilines is 1. The first-order chi connectivity index (χ1) is 13.1. The van der Waals surface area contributed by atoms with Crippen molar-refractivity contribution in [2.45, 2.75) is 31.3 Å². The van der Waals surface area contributed by atoms with Gasteiger partial charge < -0.3 is 10.1 Å². The summed E-state index contributed by atoms with van der Waals surface area (Å²) < 4.78 is 31.3. The number of esters is 1. The molecule has 0 spiro atoms. The first-order valence-corrected chi connectivity index (χ1v) is 10.2. The van der Waals surface area contributed by atoms with Crippen molar-refractivity contribution >= 4 is 27.6 Å². The van der Waals surface area contributed by atoms with Gasteiger partial charge >= 0.3 is 5.97 Å². The fraction of sp³-hybridized carbons (Fsp3) is 0.300. The van der Waals surface area contributed by atoms with Gasteiger partial charge in [0.15, 0.2) is 0 Å². The first-order valence-electron chi connectivity index (χ1n) is 8.75. The van der Waals surface area contributed by atoms with Gasteiger partial charge in [0.25, 0.3) is 0 Å². The standard InChI is InChI=1S/C20H22N2O5S/c1-12-9-14(28(25,26)22(3)4)10-17(13(12)2)21-19(23)11-18-15-7-5-6-8-16(15)20(24)27-18/h5-10,18H,11H2,1-4H3,(H,21,23)/t18-/m0/s1. The molecule has 0 unspecified atom stereocenters. The highest BCUT2D eigenvalue weighted by atomic mass is 32.2. The summed E-state index contributed by atoms with van der Waals surface area (Å²) in [5.41, 5.74) is 3.08. The van der Waals surface area contributed by atoms with E-state index in [4.69, 9.17) is 4.74 Å². The molecule has 0 saturated heterocycles. The molecule has 0 radical (unpaired) electrons. The van der Waals surface area contributed by atoms with Gasteiger partial charge in [-0.2, -0.15) is 0 Å². The Hall–Kier alpha value is -2.71. The van der Waals surface area contributed by atoms with Crippen molar-refractivity contribution in [3.05, 3.63) is 58.7 Å². The summed E-state index contributed by atoms with van der Waals surface area (Å²) in [6.07, 6.45) is -0.704. The van der Waals surface area contributed by atoms with Crippen molar-refractivity contribution < 1.29 is 22.7 Å². The number of ether oxygens (including phenoxy) is 1. The van der Waals surface area contributed by atoms with E-state index in [0.29, 0.717) is 16.8 Å².